The number of amides is 1. The second-order valence-corrected chi connectivity index (χ2v) is 7.09. The minimum absolute atomic E-state index is 0.0215. The Morgan fingerprint density at radius 1 is 1.45 bits per heavy atom. The van der Waals surface area contributed by atoms with Crippen molar-refractivity contribution in [3.8, 4) is 0 Å². The van der Waals surface area contributed by atoms with Crippen molar-refractivity contribution in [1.29, 1.82) is 0 Å². The van der Waals surface area contributed by atoms with Gasteiger partial charge in [0.1, 0.15) is 5.02 Å². The van der Waals surface area contributed by atoms with E-state index >= 15 is 0 Å². The summed E-state index contributed by atoms with van der Waals surface area (Å²) in [6.45, 7) is 0.0677. The molecule has 1 aliphatic rings. The third kappa shape index (κ3) is 3.46. The van der Waals surface area contributed by atoms with E-state index in [1.165, 1.54) is 11.0 Å². The number of anilines is 2. The quantitative estimate of drug-likeness (QED) is 0.458. The molecule has 0 aromatic heterocycles. The van der Waals surface area contributed by atoms with Crippen molar-refractivity contribution < 1.29 is 18.1 Å². The Morgan fingerprint density at radius 3 is 2.64 bits per heavy atom. The predicted octanol–water partition coefficient (Wildman–Crippen LogP) is 0.472. The van der Waals surface area contributed by atoms with E-state index in [1.54, 1.807) is 0 Å². The molecule has 11 heteroatoms. The third-order valence-corrected chi connectivity index (χ3v) is 4.50. The van der Waals surface area contributed by atoms with Gasteiger partial charge in [0.2, 0.25) is 15.9 Å². The van der Waals surface area contributed by atoms with Crippen LogP contribution in [0.4, 0.5) is 17.1 Å². The first-order valence-electron chi connectivity index (χ1n) is 6.12. The lowest BCUT2D eigenvalue weighted by Gasteiger charge is -2.18. The summed E-state index contributed by atoms with van der Waals surface area (Å²) < 4.78 is 22.2. The highest BCUT2D eigenvalue weighted by atomic mass is 35.5. The van der Waals surface area contributed by atoms with E-state index in [1.807, 2.05) is 0 Å². The number of benzene rings is 1. The van der Waals surface area contributed by atoms with E-state index in [0.717, 1.165) is 6.07 Å². The number of nitro groups is 1. The van der Waals surface area contributed by atoms with Gasteiger partial charge in [-0.2, -0.15) is 0 Å². The number of sulfonamides is 1. The van der Waals surface area contributed by atoms with Crippen LogP contribution in [0.1, 0.15) is 6.42 Å². The summed E-state index contributed by atoms with van der Waals surface area (Å²) in [5.74, 6) is -1.21. The summed E-state index contributed by atoms with van der Waals surface area (Å²) in [5.41, 5.74) is 5.61. The van der Waals surface area contributed by atoms with Gasteiger partial charge in [0, 0.05) is 24.9 Å². The maximum absolute atomic E-state index is 12.0. The molecule has 0 saturated carbocycles. The van der Waals surface area contributed by atoms with Crippen LogP contribution in [0.25, 0.3) is 0 Å². The molecule has 0 radical (unpaired) electrons. The number of halogens is 1. The number of nitrogen functional groups attached to an aromatic ring is 1. The molecular weight excluding hydrogens is 336 g/mol. The standard InChI is InChI=1S/C11H13ClN4O5S/c12-7-2-8(13)10(3-9(7)16(18)19)15-4-6(1-11(15)17)5-22(14,20)21/h2-3,6H,1,4-5,13H2,(H2,14,20,21). The van der Waals surface area contributed by atoms with Gasteiger partial charge in [0.25, 0.3) is 5.69 Å². The van der Waals surface area contributed by atoms with Crippen molar-refractivity contribution in [2.45, 2.75) is 6.42 Å². The minimum Gasteiger partial charge on any atom is -0.397 e. The van der Waals surface area contributed by atoms with Crippen molar-refractivity contribution >= 4 is 44.6 Å². The summed E-state index contributed by atoms with van der Waals surface area (Å²) in [6, 6.07) is 2.30. The highest BCUT2D eigenvalue weighted by molar-refractivity contribution is 7.89. The van der Waals surface area contributed by atoms with E-state index in [9.17, 15) is 23.3 Å². The Hall–Kier alpha value is -1.91. The van der Waals surface area contributed by atoms with Gasteiger partial charge in [-0.25, -0.2) is 13.6 Å². The smallest absolute Gasteiger partial charge is 0.290 e. The fourth-order valence-corrected chi connectivity index (χ4v) is 3.52. The van der Waals surface area contributed by atoms with Gasteiger partial charge >= 0.3 is 0 Å². The predicted molar refractivity (Wildman–Crippen MR) is 81.0 cm³/mol. The summed E-state index contributed by atoms with van der Waals surface area (Å²) in [5, 5.41) is 15.7. The van der Waals surface area contributed by atoms with Gasteiger partial charge in [-0.3, -0.25) is 14.9 Å². The van der Waals surface area contributed by atoms with Crippen LogP contribution < -0.4 is 15.8 Å². The summed E-state index contributed by atoms with van der Waals surface area (Å²) in [4.78, 5) is 23.5. The number of nitrogens with zero attached hydrogens (tertiary/aromatic N) is 2. The molecular formula is C11H13ClN4O5S. The number of carbonyl (C=O) groups is 1. The zero-order valence-electron chi connectivity index (χ0n) is 11.2. The zero-order chi connectivity index (χ0) is 16.7. The van der Waals surface area contributed by atoms with Gasteiger partial charge < -0.3 is 10.6 Å². The first kappa shape index (κ1) is 16.5. The molecule has 0 spiro atoms. The fraction of sp³-hybridized carbons (Fsp3) is 0.364. The molecule has 1 saturated heterocycles. The van der Waals surface area contributed by atoms with Crippen LogP contribution in [-0.2, 0) is 14.8 Å². The van der Waals surface area contributed by atoms with E-state index in [2.05, 4.69) is 0 Å². The molecule has 2 rings (SSSR count). The van der Waals surface area contributed by atoms with Crippen LogP contribution in [0, 0.1) is 16.0 Å². The van der Waals surface area contributed by atoms with Crippen LogP contribution >= 0.6 is 11.6 Å². The van der Waals surface area contributed by atoms with Crippen LogP contribution in [0.5, 0.6) is 0 Å². The van der Waals surface area contributed by atoms with Gasteiger partial charge in [-0.05, 0) is 6.07 Å². The monoisotopic (exact) mass is 348 g/mol. The molecule has 120 valence electrons. The van der Waals surface area contributed by atoms with Crippen molar-refractivity contribution in [3.05, 3.63) is 27.3 Å². The van der Waals surface area contributed by atoms with E-state index < -0.39 is 20.9 Å². The van der Waals surface area contributed by atoms with Crippen molar-refractivity contribution in [3.63, 3.8) is 0 Å². The minimum atomic E-state index is -3.71. The first-order valence-corrected chi connectivity index (χ1v) is 8.22. The molecule has 4 N–H and O–H groups in total. The van der Waals surface area contributed by atoms with E-state index in [0.29, 0.717) is 0 Å². The maximum Gasteiger partial charge on any atom is 0.290 e. The van der Waals surface area contributed by atoms with Crippen LogP contribution in [0.2, 0.25) is 5.02 Å². The lowest BCUT2D eigenvalue weighted by atomic mass is 10.1. The molecule has 1 aromatic carbocycles. The van der Waals surface area contributed by atoms with Gasteiger partial charge in [-0.1, -0.05) is 11.6 Å². The highest BCUT2D eigenvalue weighted by Gasteiger charge is 2.34. The Labute approximate surface area is 131 Å². The SMILES string of the molecule is Nc1cc(Cl)c([N+](=O)[O-])cc1N1CC(CS(N)(=O)=O)CC1=O. The molecule has 1 unspecified atom stereocenters. The second kappa shape index (κ2) is 5.71. The third-order valence-electron chi connectivity index (χ3n) is 3.26. The van der Waals surface area contributed by atoms with Crippen molar-refractivity contribution in [2.75, 3.05) is 22.9 Å². The molecule has 1 atom stereocenters. The number of hydrogen-bond donors (Lipinski definition) is 2. The highest BCUT2D eigenvalue weighted by Crippen LogP contribution is 2.37. The number of rotatable bonds is 4. The molecule has 0 aliphatic carbocycles. The van der Waals surface area contributed by atoms with Gasteiger partial charge in [0.05, 0.1) is 22.1 Å². The summed E-state index contributed by atoms with van der Waals surface area (Å²) in [7, 11) is -3.71. The Morgan fingerprint density at radius 2 is 2.09 bits per heavy atom. The number of nitro benzene ring substituents is 1. The van der Waals surface area contributed by atoms with Crippen molar-refractivity contribution in [1.82, 2.24) is 0 Å². The molecule has 9 nitrogen and oxygen atoms in total. The molecule has 1 amide bonds. The number of carbonyl (C=O) groups excluding carboxylic acids is 1. The summed E-state index contributed by atoms with van der Waals surface area (Å²) >= 11 is 5.73. The largest absolute Gasteiger partial charge is 0.397 e. The molecule has 1 aromatic rings. The second-order valence-electron chi connectivity index (χ2n) is 5.02. The van der Waals surface area contributed by atoms with E-state index in [4.69, 9.17) is 22.5 Å². The average molecular weight is 349 g/mol. The van der Waals surface area contributed by atoms with E-state index in [-0.39, 0.29) is 46.7 Å². The molecule has 0 bridgehead atoms. The lowest BCUT2D eigenvalue weighted by molar-refractivity contribution is -0.384. The summed E-state index contributed by atoms with van der Waals surface area (Å²) in [6.07, 6.45) is -0.0215. The number of primary sulfonamides is 1. The Bertz CT molecular complexity index is 751. The van der Waals surface area contributed by atoms with Crippen LogP contribution in [0.3, 0.4) is 0 Å². The van der Waals surface area contributed by atoms with Crippen LogP contribution in [-0.4, -0.2) is 31.5 Å². The normalized spacial score (nSPS) is 18.7. The fourth-order valence-electron chi connectivity index (χ4n) is 2.39. The Kier molecular flexibility index (Phi) is 4.27. The Balaban J connectivity index is 2.34. The molecule has 22 heavy (non-hydrogen) atoms. The molecule has 1 aliphatic heterocycles. The first-order chi connectivity index (χ1) is 10.1. The van der Waals surface area contributed by atoms with Crippen LogP contribution in [0.15, 0.2) is 12.1 Å². The lowest BCUT2D eigenvalue weighted by Crippen LogP contribution is -2.28. The number of nitrogens with two attached hydrogens (primary N) is 2. The van der Waals surface area contributed by atoms with Gasteiger partial charge in [0.15, 0.2) is 0 Å². The number of hydrogen-bond acceptors (Lipinski definition) is 6. The molecule has 1 fully saturated rings. The molecule has 1 heterocycles. The van der Waals surface area contributed by atoms with Gasteiger partial charge in [-0.15, -0.1) is 0 Å². The maximum atomic E-state index is 12.0. The average Bonchev–Trinajstić information content (AvgIpc) is 2.67. The topological polar surface area (TPSA) is 150 Å². The van der Waals surface area contributed by atoms with Crippen molar-refractivity contribution in [2.24, 2.45) is 11.1 Å². The zero-order valence-corrected chi connectivity index (χ0v) is 12.8.